The lowest BCUT2D eigenvalue weighted by molar-refractivity contribution is 1.05. The van der Waals surface area contributed by atoms with Crippen molar-refractivity contribution in [2.75, 3.05) is 0 Å². The van der Waals surface area contributed by atoms with Crippen LogP contribution in [0.3, 0.4) is 0 Å². The molecule has 5 heteroatoms. The largest absolute Gasteiger partial charge is 0.288 e. The molecule has 0 radical (unpaired) electrons. The van der Waals surface area contributed by atoms with Gasteiger partial charge in [-0.1, -0.05) is 97.1 Å². The molecular formula is C30H19N5. The maximum absolute atomic E-state index is 4.98. The van der Waals surface area contributed by atoms with E-state index < -0.39 is 0 Å². The summed E-state index contributed by atoms with van der Waals surface area (Å²) in [6.45, 7) is 0. The molecule has 0 aliphatic heterocycles. The molecule has 0 spiro atoms. The molecule has 3 heterocycles. The van der Waals surface area contributed by atoms with E-state index >= 15 is 0 Å². The van der Waals surface area contributed by atoms with Crippen LogP contribution in [-0.4, -0.2) is 24.3 Å². The highest BCUT2D eigenvalue weighted by Gasteiger charge is 2.18. The zero-order valence-electron chi connectivity index (χ0n) is 18.7. The first-order chi connectivity index (χ1) is 17.3. The van der Waals surface area contributed by atoms with Gasteiger partial charge in [0, 0.05) is 16.5 Å². The van der Waals surface area contributed by atoms with Crippen molar-refractivity contribution >= 4 is 27.5 Å². The standard InChI is InChI=1S/C30H19N5/c1-3-11-20(12-4-1)27-32-28(21-13-5-2-6-14-21)34-29(33-27)26-19-22-15-7-8-16-23(22)30-31-24-17-9-10-18-25(24)35(26)30/h1-19H. The summed E-state index contributed by atoms with van der Waals surface area (Å²) in [5.41, 5.74) is 5.62. The maximum atomic E-state index is 4.98. The molecule has 0 saturated heterocycles. The van der Waals surface area contributed by atoms with Gasteiger partial charge in [-0.05, 0) is 23.6 Å². The van der Waals surface area contributed by atoms with E-state index in [1.807, 2.05) is 91.0 Å². The van der Waals surface area contributed by atoms with E-state index in [0.717, 1.165) is 44.3 Å². The van der Waals surface area contributed by atoms with Crippen molar-refractivity contribution in [2.24, 2.45) is 0 Å². The summed E-state index contributed by atoms with van der Waals surface area (Å²) in [7, 11) is 0. The van der Waals surface area contributed by atoms with Gasteiger partial charge in [-0.25, -0.2) is 19.9 Å². The van der Waals surface area contributed by atoms with E-state index in [4.69, 9.17) is 19.9 Å². The first-order valence-corrected chi connectivity index (χ1v) is 11.5. The topological polar surface area (TPSA) is 56.0 Å². The summed E-state index contributed by atoms with van der Waals surface area (Å²) >= 11 is 0. The number of benzene rings is 4. The molecule has 7 rings (SSSR count). The van der Waals surface area contributed by atoms with Crippen molar-refractivity contribution < 1.29 is 0 Å². The Labute approximate surface area is 201 Å². The van der Waals surface area contributed by atoms with Crippen LogP contribution in [0, 0.1) is 0 Å². The molecule has 164 valence electrons. The second-order valence-corrected chi connectivity index (χ2v) is 8.41. The van der Waals surface area contributed by atoms with Crippen molar-refractivity contribution in [3.8, 4) is 34.3 Å². The van der Waals surface area contributed by atoms with E-state index in [-0.39, 0.29) is 0 Å². The summed E-state index contributed by atoms with van der Waals surface area (Å²) in [5.74, 6) is 1.89. The van der Waals surface area contributed by atoms with Crippen LogP contribution in [0.2, 0.25) is 0 Å². The smallest absolute Gasteiger partial charge is 0.180 e. The third-order valence-corrected chi connectivity index (χ3v) is 6.22. The Kier molecular flexibility index (Phi) is 4.39. The van der Waals surface area contributed by atoms with Crippen LogP contribution in [-0.2, 0) is 0 Å². The van der Waals surface area contributed by atoms with Gasteiger partial charge in [0.15, 0.2) is 17.5 Å². The number of aromatic nitrogens is 5. The van der Waals surface area contributed by atoms with E-state index in [1.165, 1.54) is 0 Å². The number of hydrogen-bond donors (Lipinski definition) is 0. The molecule has 7 aromatic rings. The van der Waals surface area contributed by atoms with Crippen LogP contribution in [0.5, 0.6) is 0 Å². The summed E-state index contributed by atoms with van der Waals surface area (Å²) in [6.07, 6.45) is 0. The lowest BCUT2D eigenvalue weighted by Gasteiger charge is -2.12. The Morgan fingerprint density at radius 2 is 1.06 bits per heavy atom. The Morgan fingerprint density at radius 3 is 1.77 bits per heavy atom. The summed E-state index contributed by atoms with van der Waals surface area (Å²) < 4.78 is 2.16. The second-order valence-electron chi connectivity index (χ2n) is 8.41. The average molecular weight is 450 g/mol. The molecule has 0 aliphatic carbocycles. The number of fused-ring (bicyclic) bond motifs is 5. The summed E-state index contributed by atoms with van der Waals surface area (Å²) in [6, 6.07) is 38.7. The minimum Gasteiger partial charge on any atom is -0.288 e. The van der Waals surface area contributed by atoms with Crippen molar-refractivity contribution in [1.29, 1.82) is 0 Å². The van der Waals surface area contributed by atoms with Crippen molar-refractivity contribution in [3.05, 3.63) is 115 Å². The molecule has 4 aromatic carbocycles. The van der Waals surface area contributed by atoms with Crippen molar-refractivity contribution in [2.45, 2.75) is 0 Å². The third kappa shape index (κ3) is 3.25. The van der Waals surface area contributed by atoms with Crippen LogP contribution in [0.15, 0.2) is 115 Å². The van der Waals surface area contributed by atoms with E-state index in [1.54, 1.807) is 0 Å². The highest BCUT2D eigenvalue weighted by molar-refractivity contribution is 6.00. The Balaban J connectivity index is 1.60. The van der Waals surface area contributed by atoms with Crippen LogP contribution in [0.1, 0.15) is 0 Å². The number of nitrogens with zero attached hydrogens (tertiary/aromatic N) is 5. The highest BCUT2D eigenvalue weighted by Crippen LogP contribution is 2.32. The molecule has 0 N–H and O–H groups in total. The number of hydrogen-bond acceptors (Lipinski definition) is 4. The first-order valence-electron chi connectivity index (χ1n) is 11.5. The third-order valence-electron chi connectivity index (χ3n) is 6.22. The molecule has 3 aromatic heterocycles. The highest BCUT2D eigenvalue weighted by atomic mass is 15.1. The average Bonchev–Trinajstić information content (AvgIpc) is 3.33. The molecule has 0 atom stereocenters. The van der Waals surface area contributed by atoms with Crippen LogP contribution >= 0.6 is 0 Å². The molecule has 0 unspecified atom stereocenters. The van der Waals surface area contributed by atoms with Gasteiger partial charge >= 0.3 is 0 Å². The number of pyridine rings is 1. The molecule has 35 heavy (non-hydrogen) atoms. The fourth-order valence-electron chi connectivity index (χ4n) is 4.58. The van der Waals surface area contributed by atoms with Gasteiger partial charge in [0.2, 0.25) is 0 Å². The van der Waals surface area contributed by atoms with Crippen LogP contribution in [0.25, 0.3) is 61.7 Å². The number of imidazole rings is 1. The quantitative estimate of drug-likeness (QED) is 0.297. The molecule has 5 nitrogen and oxygen atoms in total. The maximum Gasteiger partial charge on any atom is 0.180 e. The Bertz CT molecular complexity index is 1780. The summed E-state index contributed by atoms with van der Waals surface area (Å²) in [5, 5.41) is 2.18. The predicted octanol–water partition coefficient (Wildman–Crippen LogP) is 6.83. The normalized spacial score (nSPS) is 11.4. The lowest BCUT2D eigenvalue weighted by atomic mass is 10.1. The van der Waals surface area contributed by atoms with Crippen molar-refractivity contribution in [1.82, 2.24) is 24.3 Å². The van der Waals surface area contributed by atoms with Crippen LogP contribution < -0.4 is 0 Å². The Morgan fingerprint density at radius 1 is 0.486 bits per heavy atom. The fraction of sp³-hybridized carbons (Fsp3) is 0. The van der Waals surface area contributed by atoms with Gasteiger partial charge in [-0.2, -0.15) is 0 Å². The van der Waals surface area contributed by atoms with Gasteiger partial charge in [0.05, 0.1) is 16.7 Å². The van der Waals surface area contributed by atoms with Crippen molar-refractivity contribution in [3.63, 3.8) is 0 Å². The molecule has 0 bridgehead atoms. The molecule has 0 saturated carbocycles. The van der Waals surface area contributed by atoms with Gasteiger partial charge < -0.3 is 0 Å². The SMILES string of the molecule is c1ccc(-c2nc(-c3ccccc3)nc(-c3cc4ccccc4c4nc5ccccc5n34)n2)cc1. The van der Waals surface area contributed by atoms with Gasteiger partial charge in [-0.3, -0.25) is 4.40 Å². The minimum atomic E-state index is 0.608. The summed E-state index contributed by atoms with van der Waals surface area (Å²) in [4.78, 5) is 19.8. The van der Waals surface area contributed by atoms with E-state index in [9.17, 15) is 0 Å². The van der Waals surface area contributed by atoms with Crippen LogP contribution in [0.4, 0.5) is 0 Å². The van der Waals surface area contributed by atoms with Gasteiger partial charge in [0.1, 0.15) is 5.65 Å². The second kappa shape index (κ2) is 7.85. The zero-order chi connectivity index (χ0) is 23.2. The molecule has 0 aliphatic rings. The fourth-order valence-corrected chi connectivity index (χ4v) is 4.58. The van der Waals surface area contributed by atoms with Gasteiger partial charge in [-0.15, -0.1) is 0 Å². The van der Waals surface area contributed by atoms with Gasteiger partial charge in [0.25, 0.3) is 0 Å². The molecule has 0 amide bonds. The number of para-hydroxylation sites is 2. The molecule has 0 fully saturated rings. The monoisotopic (exact) mass is 449 g/mol. The van der Waals surface area contributed by atoms with E-state index in [2.05, 4.69) is 28.7 Å². The minimum absolute atomic E-state index is 0.608. The Hall–Kier alpha value is -4.90. The number of rotatable bonds is 3. The molecular weight excluding hydrogens is 430 g/mol. The zero-order valence-corrected chi connectivity index (χ0v) is 18.7. The predicted molar refractivity (Wildman–Crippen MR) is 140 cm³/mol. The lowest BCUT2D eigenvalue weighted by Crippen LogP contribution is -2.03. The van der Waals surface area contributed by atoms with E-state index in [0.29, 0.717) is 17.5 Å². The first kappa shape index (κ1) is 19.6.